The Morgan fingerprint density at radius 2 is 2.20 bits per heavy atom. The van der Waals surface area contributed by atoms with Crippen molar-refractivity contribution in [3.05, 3.63) is 43.0 Å². The Morgan fingerprint density at radius 1 is 1.30 bits per heavy atom. The SMILES string of the molecule is c1ccc(SCC2CSc3c4[nH]cnc4nc[n+]32)cc1. The number of hydrogen-bond acceptors (Lipinski definition) is 4. The molecule has 0 spiro atoms. The van der Waals surface area contributed by atoms with Gasteiger partial charge in [-0.2, -0.15) is 4.98 Å². The number of imidazole rings is 1. The average molecular weight is 301 g/mol. The van der Waals surface area contributed by atoms with Crippen LogP contribution in [0.15, 0.2) is 52.9 Å². The summed E-state index contributed by atoms with van der Waals surface area (Å²) in [6.07, 6.45) is 3.64. The van der Waals surface area contributed by atoms with Crippen LogP contribution in [0.25, 0.3) is 11.2 Å². The normalized spacial score (nSPS) is 17.5. The Hall–Kier alpha value is -1.53. The number of fused-ring (bicyclic) bond motifs is 3. The van der Waals surface area contributed by atoms with Gasteiger partial charge in [0.1, 0.15) is 6.04 Å². The van der Waals surface area contributed by atoms with Crippen molar-refractivity contribution in [2.24, 2.45) is 0 Å². The minimum absolute atomic E-state index is 0.486. The second-order valence-electron chi connectivity index (χ2n) is 4.65. The minimum Gasteiger partial charge on any atom is -0.337 e. The molecule has 2 aromatic heterocycles. The van der Waals surface area contributed by atoms with E-state index < -0.39 is 0 Å². The molecule has 1 unspecified atom stereocenters. The van der Waals surface area contributed by atoms with Gasteiger partial charge >= 0.3 is 0 Å². The molecule has 0 fully saturated rings. The van der Waals surface area contributed by atoms with Crippen molar-refractivity contribution in [2.45, 2.75) is 16.0 Å². The summed E-state index contributed by atoms with van der Waals surface area (Å²) in [5.41, 5.74) is 1.87. The lowest BCUT2D eigenvalue weighted by Crippen LogP contribution is -2.40. The average Bonchev–Trinajstić information content (AvgIpc) is 3.12. The summed E-state index contributed by atoms with van der Waals surface area (Å²) in [5, 5.41) is 1.26. The molecule has 1 aliphatic heterocycles. The van der Waals surface area contributed by atoms with Crippen LogP contribution in [0, 0.1) is 0 Å². The number of aromatic amines is 1. The molecule has 3 aromatic rings. The predicted molar refractivity (Wildman–Crippen MR) is 81.0 cm³/mol. The first-order chi connectivity index (χ1) is 9.92. The molecule has 0 aliphatic carbocycles. The summed E-state index contributed by atoms with van der Waals surface area (Å²) in [7, 11) is 0. The topological polar surface area (TPSA) is 45.5 Å². The fourth-order valence-electron chi connectivity index (χ4n) is 2.34. The molecule has 1 atom stereocenters. The third-order valence-corrected chi connectivity index (χ3v) is 5.76. The molecule has 0 radical (unpaired) electrons. The van der Waals surface area contributed by atoms with Crippen LogP contribution in [0.4, 0.5) is 0 Å². The summed E-state index contributed by atoms with van der Waals surface area (Å²) >= 11 is 3.78. The number of nitrogens with zero attached hydrogens (tertiary/aromatic N) is 3. The molecule has 0 amide bonds. The molecular formula is C14H13N4S2+. The summed E-state index contributed by atoms with van der Waals surface area (Å²) in [5.74, 6) is 2.16. The van der Waals surface area contributed by atoms with Gasteiger partial charge in [-0.3, -0.25) is 0 Å². The number of thioether (sulfide) groups is 2. The first-order valence-electron chi connectivity index (χ1n) is 6.46. The summed E-state index contributed by atoms with van der Waals surface area (Å²) in [4.78, 5) is 13.1. The molecule has 1 aliphatic rings. The third-order valence-electron chi connectivity index (χ3n) is 3.36. The van der Waals surface area contributed by atoms with Crippen LogP contribution in [0.5, 0.6) is 0 Å². The fourth-order valence-corrected chi connectivity index (χ4v) is 4.77. The smallest absolute Gasteiger partial charge is 0.296 e. The van der Waals surface area contributed by atoms with Gasteiger partial charge in [-0.15, -0.1) is 11.8 Å². The highest BCUT2D eigenvalue weighted by Gasteiger charge is 2.31. The van der Waals surface area contributed by atoms with Crippen molar-refractivity contribution in [3.8, 4) is 0 Å². The van der Waals surface area contributed by atoms with E-state index in [4.69, 9.17) is 0 Å². The summed E-state index contributed by atoms with van der Waals surface area (Å²) < 4.78 is 2.28. The van der Waals surface area contributed by atoms with E-state index in [1.165, 1.54) is 9.92 Å². The predicted octanol–water partition coefficient (Wildman–Crippen LogP) is 2.68. The number of H-pyrrole nitrogens is 1. The number of hydrogen-bond donors (Lipinski definition) is 1. The van der Waals surface area contributed by atoms with E-state index in [-0.39, 0.29) is 0 Å². The molecule has 100 valence electrons. The van der Waals surface area contributed by atoms with Gasteiger partial charge in [0.15, 0.2) is 10.5 Å². The van der Waals surface area contributed by atoms with Gasteiger partial charge in [-0.1, -0.05) is 30.0 Å². The molecule has 3 heterocycles. The maximum Gasteiger partial charge on any atom is 0.296 e. The van der Waals surface area contributed by atoms with Crippen LogP contribution < -0.4 is 4.57 Å². The van der Waals surface area contributed by atoms with Crippen LogP contribution in [-0.2, 0) is 0 Å². The lowest BCUT2D eigenvalue weighted by Gasteiger charge is -2.07. The van der Waals surface area contributed by atoms with Crippen molar-refractivity contribution in [3.63, 3.8) is 0 Å². The zero-order valence-electron chi connectivity index (χ0n) is 10.7. The molecule has 4 rings (SSSR count). The molecule has 6 heteroatoms. The Balaban J connectivity index is 1.58. The van der Waals surface area contributed by atoms with E-state index in [1.54, 1.807) is 6.33 Å². The van der Waals surface area contributed by atoms with Gasteiger partial charge in [0.2, 0.25) is 0 Å². The van der Waals surface area contributed by atoms with Crippen molar-refractivity contribution in [1.82, 2.24) is 15.0 Å². The first kappa shape index (κ1) is 12.2. The maximum absolute atomic E-state index is 4.42. The highest BCUT2D eigenvalue weighted by Crippen LogP contribution is 2.32. The van der Waals surface area contributed by atoms with Crippen molar-refractivity contribution >= 4 is 34.7 Å². The second kappa shape index (κ2) is 5.10. The van der Waals surface area contributed by atoms with Crippen LogP contribution in [0.3, 0.4) is 0 Å². The fraction of sp³-hybridized carbons (Fsp3) is 0.214. The minimum atomic E-state index is 0.486. The number of rotatable bonds is 3. The van der Waals surface area contributed by atoms with Crippen molar-refractivity contribution in [1.29, 1.82) is 0 Å². The van der Waals surface area contributed by atoms with Crippen LogP contribution in [-0.4, -0.2) is 26.5 Å². The third kappa shape index (κ3) is 2.09. The Bertz CT molecular complexity index is 741. The van der Waals surface area contributed by atoms with E-state index in [0.29, 0.717) is 6.04 Å². The van der Waals surface area contributed by atoms with Gasteiger partial charge in [0.05, 0.1) is 6.33 Å². The summed E-state index contributed by atoms with van der Waals surface area (Å²) in [6, 6.07) is 11.0. The number of nitrogens with one attached hydrogen (secondary N) is 1. The number of aromatic nitrogens is 4. The van der Waals surface area contributed by atoms with Crippen LogP contribution in [0.1, 0.15) is 6.04 Å². The lowest BCUT2D eigenvalue weighted by molar-refractivity contribution is -0.744. The van der Waals surface area contributed by atoms with Crippen LogP contribution in [0.2, 0.25) is 0 Å². The molecular weight excluding hydrogens is 288 g/mol. The van der Waals surface area contributed by atoms with E-state index >= 15 is 0 Å². The molecule has 20 heavy (non-hydrogen) atoms. The highest BCUT2D eigenvalue weighted by atomic mass is 32.2. The standard InChI is InChI=1S/C14H12N4S2/c1-2-4-11(5-3-1)19-6-10-7-20-14-12-13(16-8-15-12)17-9-18(10)14/h1-5,8-10H,6-7H2/p+1. The van der Waals surface area contributed by atoms with Gasteiger partial charge in [0, 0.05) is 16.4 Å². The largest absolute Gasteiger partial charge is 0.337 e. The quantitative estimate of drug-likeness (QED) is 0.459. The molecule has 0 saturated heterocycles. The second-order valence-corrected chi connectivity index (χ2v) is 6.75. The van der Waals surface area contributed by atoms with Gasteiger partial charge in [-0.05, 0) is 17.1 Å². The molecule has 1 aromatic carbocycles. The first-order valence-corrected chi connectivity index (χ1v) is 8.43. The Kier molecular flexibility index (Phi) is 3.12. The van der Waals surface area contributed by atoms with E-state index in [9.17, 15) is 0 Å². The van der Waals surface area contributed by atoms with E-state index in [1.807, 2.05) is 29.9 Å². The Labute approximate surface area is 125 Å². The molecule has 1 N–H and O–H groups in total. The van der Waals surface area contributed by atoms with Crippen molar-refractivity contribution in [2.75, 3.05) is 11.5 Å². The lowest BCUT2D eigenvalue weighted by atomic mass is 10.4. The van der Waals surface area contributed by atoms with Crippen LogP contribution >= 0.6 is 23.5 Å². The Morgan fingerprint density at radius 3 is 3.10 bits per heavy atom. The zero-order valence-corrected chi connectivity index (χ0v) is 12.3. The van der Waals surface area contributed by atoms with Crippen molar-refractivity contribution < 1.29 is 4.57 Å². The molecule has 0 saturated carbocycles. The number of benzene rings is 1. The summed E-state index contributed by atoms with van der Waals surface area (Å²) in [6.45, 7) is 0. The highest BCUT2D eigenvalue weighted by molar-refractivity contribution is 8.00. The molecule has 4 nitrogen and oxygen atoms in total. The van der Waals surface area contributed by atoms with E-state index in [0.717, 1.165) is 22.7 Å². The zero-order chi connectivity index (χ0) is 13.4. The van der Waals surface area contributed by atoms with Gasteiger partial charge in [0.25, 0.3) is 12.0 Å². The van der Waals surface area contributed by atoms with Gasteiger partial charge in [-0.25, -0.2) is 4.57 Å². The maximum atomic E-state index is 4.42. The van der Waals surface area contributed by atoms with E-state index in [2.05, 4.69) is 49.9 Å². The monoisotopic (exact) mass is 301 g/mol. The van der Waals surface area contributed by atoms with Gasteiger partial charge < -0.3 is 4.98 Å². The molecule has 0 bridgehead atoms.